The second-order valence-corrected chi connectivity index (χ2v) is 8.06. The molecule has 154 valence electrons. The summed E-state index contributed by atoms with van der Waals surface area (Å²) in [5, 5.41) is 13.3. The van der Waals surface area contributed by atoms with Crippen LogP contribution in [0, 0.1) is 20.8 Å². The molecule has 4 rings (SSSR count). The second kappa shape index (κ2) is 8.28. The fourth-order valence-corrected chi connectivity index (χ4v) is 4.15. The van der Waals surface area contributed by atoms with Gasteiger partial charge < -0.3 is 4.74 Å². The highest BCUT2D eigenvalue weighted by molar-refractivity contribution is 7.14. The Kier molecular flexibility index (Phi) is 5.55. The van der Waals surface area contributed by atoms with Crippen molar-refractivity contribution in [2.24, 2.45) is 0 Å². The molecule has 0 radical (unpaired) electrons. The van der Waals surface area contributed by atoms with Crippen molar-refractivity contribution < 1.29 is 9.53 Å². The molecule has 4 aromatic rings. The predicted molar refractivity (Wildman–Crippen MR) is 115 cm³/mol. The monoisotopic (exact) mass is 441 g/mol. The first-order valence-corrected chi connectivity index (χ1v) is 10.7. The van der Waals surface area contributed by atoms with E-state index < -0.39 is 0 Å². The molecule has 0 aliphatic carbocycles. The maximum absolute atomic E-state index is 12.7. The van der Waals surface area contributed by atoms with E-state index in [9.17, 15) is 4.79 Å². The van der Waals surface area contributed by atoms with E-state index in [1.807, 2.05) is 37.4 Å². The fourth-order valence-electron chi connectivity index (χ4n) is 2.89. The van der Waals surface area contributed by atoms with E-state index in [4.69, 9.17) is 4.74 Å². The Morgan fingerprint density at radius 3 is 2.80 bits per heavy atom. The Labute approximate surface area is 181 Å². The molecule has 3 heterocycles. The number of methoxy groups -OCH3 is 1. The number of hydrogen-bond donors (Lipinski definition) is 1. The number of hydrogen-bond acceptors (Lipinski definition) is 9. The van der Waals surface area contributed by atoms with Crippen LogP contribution in [0.15, 0.2) is 23.6 Å². The van der Waals surface area contributed by atoms with Gasteiger partial charge in [-0.1, -0.05) is 16.8 Å². The molecule has 0 unspecified atom stereocenters. The second-order valence-electron chi connectivity index (χ2n) is 6.67. The number of amides is 1. The number of anilines is 1. The van der Waals surface area contributed by atoms with Crippen LogP contribution in [0.25, 0.3) is 11.3 Å². The summed E-state index contributed by atoms with van der Waals surface area (Å²) in [6.07, 6.45) is 0. The lowest BCUT2D eigenvalue weighted by Gasteiger charge is -2.07. The Morgan fingerprint density at radius 1 is 1.23 bits per heavy atom. The number of nitrogens with zero attached hydrogens (tertiary/aromatic N) is 6. The largest absolute Gasteiger partial charge is 0.496 e. The van der Waals surface area contributed by atoms with Crippen LogP contribution in [0.2, 0.25) is 0 Å². The number of aryl methyl sites for hydroxylation is 2. The van der Waals surface area contributed by atoms with Crippen molar-refractivity contribution in [1.29, 1.82) is 0 Å². The van der Waals surface area contributed by atoms with Gasteiger partial charge in [-0.15, -0.1) is 16.4 Å². The van der Waals surface area contributed by atoms with Crippen molar-refractivity contribution in [2.75, 3.05) is 12.4 Å². The van der Waals surface area contributed by atoms with Crippen LogP contribution < -0.4 is 10.1 Å². The third-order valence-corrected chi connectivity index (χ3v) is 6.01. The molecule has 11 heteroatoms. The summed E-state index contributed by atoms with van der Waals surface area (Å²) in [7, 11) is 1.62. The Balaban J connectivity index is 1.52. The highest BCUT2D eigenvalue weighted by atomic mass is 32.1. The SMILES string of the molecule is COc1ccc(C)cc1-c1csc(NC(=O)c2nnn(Cc3nsnc3C)c2C)n1. The van der Waals surface area contributed by atoms with Gasteiger partial charge in [0.2, 0.25) is 0 Å². The fraction of sp³-hybridized carbons (Fsp3) is 0.263. The lowest BCUT2D eigenvalue weighted by Crippen LogP contribution is -2.14. The summed E-state index contributed by atoms with van der Waals surface area (Å²) in [5.41, 5.74) is 5.28. The molecule has 0 fully saturated rings. The van der Waals surface area contributed by atoms with Crippen LogP contribution in [0.5, 0.6) is 5.75 Å². The minimum atomic E-state index is -0.357. The molecular formula is C19H19N7O2S2. The van der Waals surface area contributed by atoms with Crippen molar-refractivity contribution in [3.8, 4) is 17.0 Å². The normalized spacial score (nSPS) is 10.9. The van der Waals surface area contributed by atoms with Crippen LogP contribution in [0.1, 0.15) is 33.1 Å². The van der Waals surface area contributed by atoms with Gasteiger partial charge in [-0.25, -0.2) is 9.67 Å². The van der Waals surface area contributed by atoms with Gasteiger partial charge >= 0.3 is 0 Å². The van der Waals surface area contributed by atoms with Gasteiger partial charge in [0.1, 0.15) is 5.75 Å². The molecule has 0 saturated carbocycles. The van der Waals surface area contributed by atoms with Crippen molar-refractivity contribution in [3.05, 3.63) is 51.9 Å². The van der Waals surface area contributed by atoms with Crippen LogP contribution in [0.3, 0.4) is 0 Å². The maximum Gasteiger partial charge on any atom is 0.279 e. The molecule has 1 N–H and O–H groups in total. The minimum Gasteiger partial charge on any atom is -0.496 e. The number of ether oxygens (including phenoxy) is 1. The summed E-state index contributed by atoms with van der Waals surface area (Å²) in [6.45, 7) is 6.12. The average molecular weight is 442 g/mol. The molecule has 3 aromatic heterocycles. The van der Waals surface area contributed by atoms with Gasteiger partial charge in [0.25, 0.3) is 5.91 Å². The summed E-state index contributed by atoms with van der Waals surface area (Å²) >= 11 is 2.49. The molecule has 1 amide bonds. The first-order valence-electron chi connectivity index (χ1n) is 9.06. The third kappa shape index (κ3) is 3.94. The number of aromatic nitrogens is 6. The molecule has 0 aliphatic heterocycles. The van der Waals surface area contributed by atoms with Gasteiger partial charge in [-0.05, 0) is 32.9 Å². The van der Waals surface area contributed by atoms with Crippen LogP contribution in [-0.4, -0.2) is 41.7 Å². The zero-order valence-electron chi connectivity index (χ0n) is 16.8. The zero-order valence-corrected chi connectivity index (χ0v) is 18.5. The van der Waals surface area contributed by atoms with Gasteiger partial charge in [-0.2, -0.15) is 8.75 Å². The maximum atomic E-state index is 12.7. The summed E-state index contributed by atoms with van der Waals surface area (Å²) in [6, 6.07) is 5.89. The molecule has 0 aliphatic rings. The summed E-state index contributed by atoms with van der Waals surface area (Å²) in [4.78, 5) is 17.3. The summed E-state index contributed by atoms with van der Waals surface area (Å²) in [5.74, 6) is 0.373. The van der Waals surface area contributed by atoms with Crippen molar-refractivity contribution in [3.63, 3.8) is 0 Å². The highest BCUT2D eigenvalue weighted by Crippen LogP contribution is 2.33. The van der Waals surface area contributed by atoms with E-state index in [0.717, 1.165) is 45.7 Å². The van der Waals surface area contributed by atoms with E-state index in [1.54, 1.807) is 18.7 Å². The Hall–Kier alpha value is -3.18. The number of thiazole rings is 1. The topological polar surface area (TPSA) is 108 Å². The standard InChI is InChI=1S/C19H19N7O2S2/c1-10-5-6-16(28-4)13(7-10)15-9-29-19(20-15)21-18(27)17-12(3)26(25-22-17)8-14-11(2)23-30-24-14/h5-7,9H,8H2,1-4H3,(H,20,21,27). The lowest BCUT2D eigenvalue weighted by atomic mass is 10.1. The number of nitrogens with one attached hydrogen (secondary N) is 1. The van der Waals surface area contributed by atoms with Crippen molar-refractivity contribution in [1.82, 2.24) is 28.7 Å². The smallest absolute Gasteiger partial charge is 0.279 e. The van der Waals surface area contributed by atoms with E-state index in [2.05, 4.69) is 29.4 Å². The van der Waals surface area contributed by atoms with E-state index in [1.165, 1.54) is 11.3 Å². The molecule has 1 aromatic carbocycles. The quantitative estimate of drug-likeness (QED) is 0.488. The predicted octanol–water partition coefficient (Wildman–Crippen LogP) is 3.49. The van der Waals surface area contributed by atoms with Crippen molar-refractivity contribution in [2.45, 2.75) is 27.3 Å². The molecule has 0 spiro atoms. The van der Waals surface area contributed by atoms with Gasteiger partial charge in [-0.3, -0.25) is 10.1 Å². The summed E-state index contributed by atoms with van der Waals surface area (Å²) < 4.78 is 15.5. The molecule has 9 nitrogen and oxygen atoms in total. The van der Waals surface area contributed by atoms with Gasteiger partial charge in [0.05, 0.1) is 48.2 Å². The Morgan fingerprint density at radius 2 is 2.07 bits per heavy atom. The lowest BCUT2D eigenvalue weighted by molar-refractivity contribution is 0.102. The molecule has 30 heavy (non-hydrogen) atoms. The first kappa shape index (κ1) is 20.1. The number of carbonyl (C=O) groups excluding carboxylic acids is 1. The third-order valence-electron chi connectivity index (χ3n) is 4.60. The molecular weight excluding hydrogens is 422 g/mol. The van der Waals surface area contributed by atoms with Gasteiger partial charge in [0.15, 0.2) is 10.8 Å². The zero-order chi connectivity index (χ0) is 21.3. The Bertz CT molecular complexity index is 1210. The van der Waals surface area contributed by atoms with Crippen molar-refractivity contribution >= 4 is 34.1 Å². The number of carbonyl (C=O) groups is 1. The van der Waals surface area contributed by atoms with Crippen LogP contribution in [0.4, 0.5) is 5.13 Å². The van der Waals surface area contributed by atoms with E-state index >= 15 is 0 Å². The molecule has 0 bridgehead atoms. The minimum absolute atomic E-state index is 0.251. The molecule has 0 atom stereocenters. The first-order chi connectivity index (χ1) is 14.5. The molecule has 0 saturated heterocycles. The van der Waals surface area contributed by atoms with E-state index in [0.29, 0.717) is 17.4 Å². The number of rotatable bonds is 6. The highest BCUT2D eigenvalue weighted by Gasteiger charge is 2.19. The van der Waals surface area contributed by atoms with Gasteiger partial charge in [0, 0.05) is 10.9 Å². The van der Waals surface area contributed by atoms with Crippen LogP contribution >= 0.6 is 23.1 Å². The van der Waals surface area contributed by atoms with Crippen LogP contribution in [-0.2, 0) is 6.54 Å². The average Bonchev–Trinajstić information content (AvgIpc) is 3.44. The van der Waals surface area contributed by atoms with E-state index in [-0.39, 0.29) is 11.6 Å². The number of benzene rings is 1.